The van der Waals surface area contributed by atoms with Crippen LogP contribution in [-0.2, 0) is 4.79 Å². The van der Waals surface area contributed by atoms with E-state index in [9.17, 15) is 4.79 Å². The average molecular weight is 208 g/mol. The molecule has 82 valence electrons. The molecule has 2 atom stereocenters. The molecule has 2 aliphatic rings. The summed E-state index contributed by atoms with van der Waals surface area (Å²) in [5.74, 6) is 0.145. The number of fused-ring (bicyclic) bond motifs is 1. The molecular formula is C10H16N4O. The fourth-order valence-electron chi connectivity index (χ4n) is 2.89. The maximum Gasteiger partial charge on any atom is 0.223 e. The highest BCUT2D eigenvalue weighted by Gasteiger charge is 2.45. The second-order valence-corrected chi connectivity index (χ2v) is 5.07. The van der Waals surface area contributed by atoms with Gasteiger partial charge in [-0.15, -0.1) is 0 Å². The van der Waals surface area contributed by atoms with Gasteiger partial charge in [-0.05, 0) is 38.6 Å². The smallest absolute Gasteiger partial charge is 0.223 e. The van der Waals surface area contributed by atoms with Crippen molar-refractivity contribution >= 4 is 5.91 Å². The second-order valence-electron chi connectivity index (χ2n) is 5.07. The normalized spacial score (nSPS) is 33.5. The molecule has 15 heavy (non-hydrogen) atoms. The third-order valence-electron chi connectivity index (χ3n) is 3.54. The molecule has 0 saturated carbocycles. The quantitative estimate of drug-likeness (QED) is 0.370. The molecule has 2 aliphatic heterocycles. The van der Waals surface area contributed by atoms with Gasteiger partial charge in [-0.1, -0.05) is 5.11 Å². The van der Waals surface area contributed by atoms with Crippen molar-refractivity contribution in [1.82, 2.24) is 4.90 Å². The molecule has 0 bridgehead atoms. The van der Waals surface area contributed by atoms with Crippen LogP contribution in [0.15, 0.2) is 5.11 Å². The Labute approximate surface area is 89.1 Å². The monoisotopic (exact) mass is 208 g/mol. The molecular weight excluding hydrogens is 192 g/mol. The van der Waals surface area contributed by atoms with Gasteiger partial charge in [-0.2, -0.15) is 0 Å². The Morgan fingerprint density at radius 2 is 2.33 bits per heavy atom. The predicted octanol–water partition coefficient (Wildman–Crippen LogP) is 2.23. The number of hydrogen-bond acceptors (Lipinski definition) is 2. The molecule has 2 rings (SSSR count). The summed E-state index contributed by atoms with van der Waals surface area (Å²) in [6, 6.07) is 0.161. The lowest BCUT2D eigenvalue weighted by atomic mass is 9.97. The van der Waals surface area contributed by atoms with Gasteiger partial charge in [0.1, 0.15) is 0 Å². The molecule has 5 nitrogen and oxygen atoms in total. The molecule has 0 aromatic carbocycles. The van der Waals surface area contributed by atoms with Crippen molar-refractivity contribution in [2.75, 3.05) is 0 Å². The molecule has 5 heteroatoms. The van der Waals surface area contributed by atoms with Gasteiger partial charge in [0.2, 0.25) is 5.91 Å². The highest BCUT2D eigenvalue weighted by atomic mass is 16.2. The van der Waals surface area contributed by atoms with E-state index < -0.39 is 0 Å². The minimum Gasteiger partial charge on any atom is -0.335 e. The Kier molecular flexibility index (Phi) is 2.35. The van der Waals surface area contributed by atoms with Gasteiger partial charge in [0.15, 0.2) is 0 Å². The zero-order valence-corrected chi connectivity index (χ0v) is 9.18. The lowest BCUT2D eigenvalue weighted by Crippen LogP contribution is -2.51. The summed E-state index contributed by atoms with van der Waals surface area (Å²) in [5.41, 5.74) is 8.37. The maximum atomic E-state index is 11.9. The van der Waals surface area contributed by atoms with Crippen molar-refractivity contribution in [2.45, 2.75) is 57.2 Å². The molecule has 0 aliphatic carbocycles. The first kappa shape index (κ1) is 10.3. The number of hydrogen-bond donors (Lipinski definition) is 0. The highest BCUT2D eigenvalue weighted by molar-refractivity contribution is 5.79. The van der Waals surface area contributed by atoms with Crippen LogP contribution >= 0.6 is 0 Å². The van der Waals surface area contributed by atoms with Crippen molar-refractivity contribution < 1.29 is 4.79 Å². The average Bonchev–Trinajstić information content (AvgIpc) is 2.43. The summed E-state index contributed by atoms with van der Waals surface area (Å²) in [7, 11) is 0. The zero-order chi connectivity index (χ0) is 11.1. The number of rotatable bonds is 1. The number of piperidine rings is 1. The first-order valence-electron chi connectivity index (χ1n) is 5.41. The number of azide groups is 1. The van der Waals surface area contributed by atoms with E-state index in [1.165, 1.54) is 0 Å². The van der Waals surface area contributed by atoms with Gasteiger partial charge >= 0.3 is 0 Å². The second kappa shape index (κ2) is 3.42. The lowest BCUT2D eigenvalue weighted by molar-refractivity contribution is -0.140. The minimum absolute atomic E-state index is 0.0108. The van der Waals surface area contributed by atoms with Crippen molar-refractivity contribution in [3.63, 3.8) is 0 Å². The molecule has 0 N–H and O–H groups in total. The third kappa shape index (κ3) is 1.67. The molecule has 0 aromatic rings. The van der Waals surface area contributed by atoms with E-state index in [0.717, 1.165) is 19.3 Å². The third-order valence-corrected chi connectivity index (χ3v) is 3.54. The van der Waals surface area contributed by atoms with E-state index in [0.29, 0.717) is 6.42 Å². The Morgan fingerprint density at radius 1 is 1.60 bits per heavy atom. The first-order chi connectivity index (χ1) is 7.04. The Hall–Kier alpha value is -1.22. The van der Waals surface area contributed by atoms with Crippen LogP contribution < -0.4 is 0 Å². The van der Waals surface area contributed by atoms with Crippen LogP contribution in [0, 0.1) is 0 Å². The molecule has 2 saturated heterocycles. The number of nitrogens with zero attached hydrogens (tertiary/aromatic N) is 4. The van der Waals surface area contributed by atoms with Crippen molar-refractivity contribution in [3.8, 4) is 0 Å². The largest absolute Gasteiger partial charge is 0.335 e. The highest BCUT2D eigenvalue weighted by Crippen LogP contribution is 2.39. The molecule has 0 spiro atoms. The summed E-state index contributed by atoms with van der Waals surface area (Å²) in [5, 5.41) is 3.68. The van der Waals surface area contributed by atoms with Gasteiger partial charge in [0.25, 0.3) is 0 Å². The minimum atomic E-state index is -0.127. The van der Waals surface area contributed by atoms with Crippen LogP contribution in [0.1, 0.15) is 39.5 Å². The van der Waals surface area contributed by atoms with E-state index >= 15 is 0 Å². The molecule has 2 fully saturated rings. The Morgan fingerprint density at radius 3 is 3.00 bits per heavy atom. The van der Waals surface area contributed by atoms with Crippen LogP contribution in [0.2, 0.25) is 0 Å². The Bertz CT molecular complexity index is 332. The van der Waals surface area contributed by atoms with Crippen LogP contribution in [0.4, 0.5) is 0 Å². The predicted molar refractivity (Wildman–Crippen MR) is 56.1 cm³/mol. The molecule has 0 radical (unpaired) electrons. The summed E-state index contributed by atoms with van der Waals surface area (Å²) in [6.07, 6.45) is 3.30. The van der Waals surface area contributed by atoms with Crippen molar-refractivity contribution in [3.05, 3.63) is 10.4 Å². The van der Waals surface area contributed by atoms with Crippen LogP contribution in [0.3, 0.4) is 0 Å². The first-order valence-corrected chi connectivity index (χ1v) is 5.41. The van der Waals surface area contributed by atoms with E-state index in [4.69, 9.17) is 5.53 Å². The molecule has 1 amide bonds. The fourth-order valence-corrected chi connectivity index (χ4v) is 2.89. The van der Waals surface area contributed by atoms with Crippen LogP contribution in [-0.4, -0.2) is 28.4 Å². The lowest BCUT2D eigenvalue weighted by Gasteiger charge is -2.40. The van der Waals surface area contributed by atoms with Crippen LogP contribution in [0.5, 0.6) is 0 Å². The summed E-state index contributed by atoms with van der Waals surface area (Å²) in [6.45, 7) is 4.22. The van der Waals surface area contributed by atoms with Gasteiger partial charge in [-0.25, -0.2) is 0 Å². The fraction of sp³-hybridized carbons (Fsp3) is 0.900. The number of amides is 1. The summed E-state index contributed by atoms with van der Waals surface area (Å²) >= 11 is 0. The SMILES string of the molecule is CC1(C)CCC2CC(N=[N+]=[N-])CC(=O)N21. The van der Waals surface area contributed by atoms with Gasteiger partial charge in [-0.3, -0.25) is 4.79 Å². The number of carbonyl (C=O) groups is 1. The topological polar surface area (TPSA) is 69.1 Å². The molecule has 0 aromatic heterocycles. The number of carbonyl (C=O) groups excluding carboxylic acids is 1. The van der Waals surface area contributed by atoms with Crippen molar-refractivity contribution in [2.24, 2.45) is 5.11 Å². The molecule has 2 unspecified atom stereocenters. The van der Waals surface area contributed by atoms with Gasteiger partial charge in [0.05, 0.1) is 0 Å². The van der Waals surface area contributed by atoms with E-state index in [-0.39, 0.29) is 23.5 Å². The molecule has 2 heterocycles. The van der Waals surface area contributed by atoms with Crippen molar-refractivity contribution in [1.29, 1.82) is 0 Å². The van der Waals surface area contributed by atoms with E-state index in [2.05, 4.69) is 23.9 Å². The summed E-state index contributed by atoms with van der Waals surface area (Å²) in [4.78, 5) is 16.7. The Balaban J connectivity index is 2.18. The van der Waals surface area contributed by atoms with E-state index in [1.54, 1.807) is 0 Å². The zero-order valence-electron chi connectivity index (χ0n) is 9.18. The van der Waals surface area contributed by atoms with Gasteiger partial charge in [0, 0.05) is 29.0 Å². The standard InChI is InChI=1S/C10H16N4O/c1-10(2)4-3-8-5-7(12-13-11)6-9(15)14(8)10/h7-8H,3-6H2,1-2H3. The van der Waals surface area contributed by atoms with Gasteiger partial charge < -0.3 is 4.90 Å². The maximum absolute atomic E-state index is 11.9. The van der Waals surface area contributed by atoms with Crippen LogP contribution in [0.25, 0.3) is 10.4 Å². The van der Waals surface area contributed by atoms with E-state index in [1.807, 2.05) is 4.90 Å². The summed E-state index contributed by atoms with van der Waals surface area (Å²) < 4.78 is 0.